The molecule has 5 rings (SSSR count). The molecule has 1 aromatic heterocycles. The molecule has 0 bridgehead atoms. The molecule has 0 atom stereocenters. The topological polar surface area (TPSA) is 119 Å². The number of rotatable bonds is 8. The summed E-state index contributed by atoms with van der Waals surface area (Å²) in [6, 6.07) is 15.6. The predicted octanol–water partition coefficient (Wildman–Crippen LogP) is 3.46. The minimum Gasteiger partial charge on any atom is -0.358 e. The van der Waals surface area contributed by atoms with E-state index in [1.54, 1.807) is 42.5 Å². The zero-order valence-corrected chi connectivity index (χ0v) is 24.1. The SMILES string of the molecule is CN1CCN=C1c1ccc(C(=O)Nc2ccc(SCC(=O)N3CCNCC3)cc2C(=O)Nc2ccc(Cl)cn2)cc1. The number of likely N-dealkylation sites (N-methyl/N-ethyl adjacent to an activating group) is 1. The number of carbonyl (C=O) groups excluding carboxylic acids is 3. The quantitative estimate of drug-likeness (QED) is 0.343. The number of pyridine rings is 1. The number of hydrogen-bond donors (Lipinski definition) is 3. The summed E-state index contributed by atoms with van der Waals surface area (Å²) in [4.78, 5) is 52.5. The van der Waals surface area contributed by atoms with Crippen LogP contribution in [0.5, 0.6) is 0 Å². The first-order valence-electron chi connectivity index (χ1n) is 13.2. The predicted molar refractivity (Wildman–Crippen MR) is 162 cm³/mol. The first-order valence-corrected chi connectivity index (χ1v) is 14.6. The third-order valence-corrected chi connectivity index (χ3v) is 7.95. The Morgan fingerprint density at radius 1 is 0.976 bits per heavy atom. The van der Waals surface area contributed by atoms with Crippen molar-refractivity contribution in [2.24, 2.45) is 4.99 Å². The highest BCUT2D eigenvalue weighted by molar-refractivity contribution is 8.00. The van der Waals surface area contributed by atoms with Gasteiger partial charge in [0.05, 0.1) is 28.6 Å². The van der Waals surface area contributed by atoms with Gasteiger partial charge in [-0.15, -0.1) is 11.8 Å². The van der Waals surface area contributed by atoms with E-state index in [4.69, 9.17) is 11.6 Å². The Balaban J connectivity index is 1.33. The van der Waals surface area contributed by atoms with Gasteiger partial charge in [-0.2, -0.15) is 0 Å². The van der Waals surface area contributed by atoms with Crippen molar-refractivity contribution in [1.29, 1.82) is 0 Å². The fraction of sp³-hybridized carbons (Fsp3) is 0.276. The molecule has 0 radical (unpaired) electrons. The molecule has 3 amide bonds. The molecule has 0 saturated carbocycles. The summed E-state index contributed by atoms with van der Waals surface area (Å²) in [5.74, 6) is 0.700. The Kier molecular flexibility index (Phi) is 9.17. The molecular formula is C29H30ClN7O3S. The van der Waals surface area contributed by atoms with Gasteiger partial charge in [-0.3, -0.25) is 19.4 Å². The summed E-state index contributed by atoms with van der Waals surface area (Å²) in [6.07, 6.45) is 1.44. The second kappa shape index (κ2) is 13.2. The van der Waals surface area contributed by atoms with Gasteiger partial charge in [-0.25, -0.2) is 4.98 Å². The molecule has 1 saturated heterocycles. The zero-order chi connectivity index (χ0) is 28.8. The van der Waals surface area contributed by atoms with Crippen LogP contribution in [0, 0.1) is 0 Å². The summed E-state index contributed by atoms with van der Waals surface area (Å²) < 4.78 is 0. The van der Waals surface area contributed by atoms with E-state index in [-0.39, 0.29) is 23.1 Å². The molecule has 212 valence electrons. The number of hydrogen-bond acceptors (Lipinski definition) is 8. The summed E-state index contributed by atoms with van der Waals surface area (Å²) in [6.45, 7) is 4.54. The van der Waals surface area contributed by atoms with Gasteiger partial charge in [0.2, 0.25) is 5.91 Å². The van der Waals surface area contributed by atoms with Crippen LogP contribution < -0.4 is 16.0 Å². The van der Waals surface area contributed by atoms with Gasteiger partial charge in [0.15, 0.2) is 0 Å². The van der Waals surface area contributed by atoms with Crippen LogP contribution in [0.4, 0.5) is 11.5 Å². The molecule has 41 heavy (non-hydrogen) atoms. The summed E-state index contributed by atoms with van der Waals surface area (Å²) >= 11 is 7.28. The van der Waals surface area contributed by atoms with Crippen molar-refractivity contribution in [2.45, 2.75) is 4.90 Å². The number of halogens is 1. The van der Waals surface area contributed by atoms with Gasteiger partial charge in [-0.05, 0) is 42.5 Å². The maximum Gasteiger partial charge on any atom is 0.258 e. The van der Waals surface area contributed by atoms with E-state index in [2.05, 4.69) is 30.8 Å². The molecule has 2 aliphatic rings. The molecule has 10 nitrogen and oxygen atoms in total. The lowest BCUT2D eigenvalue weighted by Gasteiger charge is -2.27. The van der Waals surface area contributed by atoms with Gasteiger partial charge in [0.1, 0.15) is 11.7 Å². The van der Waals surface area contributed by atoms with Gasteiger partial charge in [0.25, 0.3) is 11.8 Å². The number of piperazine rings is 1. The molecule has 1 fully saturated rings. The second-order valence-corrected chi connectivity index (χ2v) is 11.1. The summed E-state index contributed by atoms with van der Waals surface area (Å²) in [5, 5.41) is 9.31. The number of thioether (sulfide) groups is 1. The van der Waals surface area contributed by atoms with Crippen molar-refractivity contribution in [2.75, 3.05) is 62.7 Å². The smallest absolute Gasteiger partial charge is 0.258 e. The number of carbonyl (C=O) groups is 3. The molecule has 3 heterocycles. The van der Waals surface area contributed by atoms with Crippen LogP contribution in [-0.4, -0.2) is 90.4 Å². The average Bonchev–Trinajstić information content (AvgIpc) is 3.43. The second-order valence-electron chi connectivity index (χ2n) is 9.60. The average molecular weight is 592 g/mol. The highest BCUT2D eigenvalue weighted by atomic mass is 35.5. The summed E-state index contributed by atoms with van der Waals surface area (Å²) in [7, 11) is 1.99. The van der Waals surface area contributed by atoms with Crippen LogP contribution in [0.25, 0.3) is 0 Å². The third kappa shape index (κ3) is 7.24. The Morgan fingerprint density at radius 3 is 2.44 bits per heavy atom. The number of benzene rings is 2. The standard InChI is InChI=1S/C29H30ClN7O3S/c1-36-13-12-32-27(36)19-2-4-20(5-3-19)28(39)34-24-8-7-22(41-18-26(38)37-14-10-31-11-15-37)16-23(24)29(40)35-25-9-6-21(30)17-33-25/h2-9,16-17,31H,10-15,18H2,1H3,(H,34,39)(H,33,35,40). The first kappa shape index (κ1) is 28.6. The maximum absolute atomic E-state index is 13.4. The minimum absolute atomic E-state index is 0.0449. The number of amidine groups is 1. The lowest BCUT2D eigenvalue weighted by atomic mass is 10.1. The normalized spacial score (nSPS) is 14.9. The van der Waals surface area contributed by atoms with E-state index in [1.165, 1.54) is 18.0 Å². The molecule has 2 aliphatic heterocycles. The Labute approximate surface area is 247 Å². The van der Waals surface area contributed by atoms with Crippen LogP contribution in [0.15, 0.2) is 70.7 Å². The fourth-order valence-corrected chi connectivity index (χ4v) is 5.45. The monoisotopic (exact) mass is 591 g/mol. The number of anilines is 2. The molecular weight excluding hydrogens is 562 g/mol. The van der Waals surface area contributed by atoms with Crippen LogP contribution in [0.2, 0.25) is 5.02 Å². The number of amides is 3. The van der Waals surface area contributed by atoms with Crippen LogP contribution in [0.3, 0.4) is 0 Å². The van der Waals surface area contributed by atoms with Gasteiger partial charge in [0, 0.05) is 62.0 Å². The van der Waals surface area contributed by atoms with Crippen molar-refractivity contribution in [3.8, 4) is 0 Å². The molecule has 2 aromatic carbocycles. The van der Waals surface area contributed by atoms with Crippen LogP contribution in [-0.2, 0) is 4.79 Å². The Morgan fingerprint density at radius 2 is 1.76 bits per heavy atom. The van der Waals surface area contributed by atoms with Crippen LogP contribution in [0.1, 0.15) is 26.3 Å². The van der Waals surface area contributed by atoms with Crippen molar-refractivity contribution in [3.63, 3.8) is 0 Å². The highest BCUT2D eigenvalue weighted by Crippen LogP contribution is 2.27. The van der Waals surface area contributed by atoms with E-state index < -0.39 is 5.91 Å². The van der Waals surface area contributed by atoms with E-state index in [9.17, 15) is 14.4 Å². The minimum atomic E-state index is -0.455. The van der Waals surface area contributed by atoms with Crippen molar-refractivity contribution < 1.29 is 14.4 Å². The fourth-order valence-electron chi connectivity index (χ4n) is 4.50. The molecule has 0 aliphatic carbocycles. The number of nitrogens with zero attached hydrogens (tertiary/aromatic N) is 4. The molecule has 0 spiro atoms. The molecule has 3 aromatic rings. The lowest BCUT2D eigenvalue weighted by molar-refractivity contribution is -0.128. The zero-order valence-electron chi connectivity index (χ0n) is 22.5. The van der Waals surface area contributed by atoms with E-state index in [0.717, 1.165) is 42.5 Å². The van der Waals surface area contributed by atoms with Gasteiger partial charge >= 0.3 is 0 Å². The molecule has 0 unspecified atom stereocenters. The van der Waals surface area contributed by atoms with E-state index >= 15 is 0 Å². The van der Waals surface area contributed by atoms with Crippen molar-refractivity contribution >= 4 is 58.4 Å². The molecule has 3 N–H and O–H groups in total. The highest BCUT2D eigenvalue weighted by Gasteiger charge is 2.20. The Bertz CT molecular complexity index is 1460. The number of nitrogens with one attached hydrogen (secondary N) is 3. The first-order chi connectivity index (χ1) is 19.9. The number of aromatic nitrogens is 1. The van der Waals surface area contributed by atoms with Gasteiger partial charge < -0.3 is 25.8 Å². The lowest BCUT2D eigenvalue weighted by Crippen LogP contribution is -2.47. The van der Waals surface area contributed by atoms with Gasteiger partial charge in [-0.1, -0.05) is 23.7 Å². The van der Waals surface area contributed by atoms with E-state index in [1.807, 2.05) is 24.1 Å². The summed E-state index contributed by atoms with van der Waals surface area (Å²) in [5.41, 5.74) is 1.96. The van der Waals surface area contributed by atoms with Crippen molar-refractivity contribution in [3.05, 3.63) is 82.5 Å². The molecule has 12 heteroatoms. The Hall–Kier alpha value is -3.93. The third-order valence-electron chi connectivity index (χ3n) is 6.75. The number of aliphatic imine (C=N–C) groups is 1. The largest absolute Gasteiger partial charge is 0.358 e. The van der Waals surface area contributed by atoms with E-state index in [0.29, 0.717) is 35.2 Å². The van der Waals surface area contributed by atoms with Crippen LogP contribution >= 0.6 is 23.4 Å². The van der Waals surface area contributed by atoms with Crippen molar-refractivity contribution in [1.82, 2.24) is 20.1 Å². The maximum atomic E-state index is 13.4.